The lowest BCUT2D eigenvalue weighted by atomic mass is 10.1. The third-order valence-electron chi connectivity index (χ3n) is 4.87. The molecule has 0 aromatic heterocycles. The van der Waals surface area contributed by atoms with Crippen molar-refractivity contribution in [3.63, 3.8) is 0 Å². The fraction of sp³-hybridized carbons (Fsp3) is 0.350. The Kier molecular flexibility index (Phi) is 5.53. The second kappa shape index (κ2) is 7.70. The molecular weight excluding hydrogens is 364 g/mol. The predicted octanol–water partition coefficient (Wildman–Crippen LogP) is 3.52. The van der Waals surface area contributed by atoms with Crippen LogP contribution in [0.25, 0.3) is 0 Å². The number of hydrogen-bond donors (Lipinski definition) is 2. The minimum atomic E-state index is -3.56. The Balaban J connectivity index is 1.77. The van der Waals surface area contributed by atoms with Crippen LogP contribution in [0.4, 0.5) is 5.69 Å². The summed E-state index contributed by atoms with van der Waals surface area (Å²) in [6.07, 6.45) is 2.77. The highest BCUT2D eigenvalue weighted by Gasteiger charge is 2.30. The second-order valence-corrected chi connectivity index (χ2v) is 8.85. The average Bonchev–Trinajstić information content (AvgIpc) is 2.64. The lowest BCUT2D eigenvalue weighted by Crippen LogP contribution is -2.41. The van der Waals surface area contributed by atoms with Crippen molar-refractivity contribution >= 4 is 21.6 Å². The zero-order chi connectivity index (χ0) is 19.6. The van der Waals surface area contributed by atoms with E-state index in [0.717, 1.165) is 24.8 Å². The lowest BCUT2D eigenvalue weighted by molar-refractivity contribution is 0.102. The number of carbonyl (C=O) groups excluding carboxylic acids is 1. The number of piperidine rings is 1. The molecule has 2 aromatic carbocycles. The smallest absolute Gasteiger partial charge is 0.255 e. The van der Waals surface area contributed by atoms with Crippen LogP contribution in [0.2, 0.25) is 0 Å². The van der Waals surface area contributed by atoms with E-state index in [-0.39, 0.29) is 16.7 Å². The quantitative estimate of drug-likeness (QED) is 0.785. The Hall–Kier alpha value is -2.38. The van der Waals surface area contributed by atoms with Crippen LogP contribution in [0, 0.1) is 6.92 Å². The Morgan fingerprint density at radius 2 is 1.85 bits per heavy atom. The minimum Gasteiger partial charge on any atom is -0.506 e. The van der Waals surface area contributed by atoms with Crippen molar-refractivity contribution in [2.24, 2.45) is 0 Å². The van der Waals surface area contributed by atoms with Gasteiger partial charge in [-0.25, -0.2) is 8.42 Å². The first-order valence-corrected chi connectivity index (χ1v) is 10.5. The van der Waals surface area contributed by atoms with Crippen LogP contribution in [0.5, 0.6) is 5.75 Å². The molecule has 0 bridgehead atoms. The summed E-state index contributed by atoms with van der Waals surface area (Å²) in [7, 11) is -3.56. The number of anilines is 1. The fourth-order valence-electron chi connectivity index (χ4n) is 3.28. The molecule has 2 aromatic rings. The molecule has 0 radical (unpaired) electrons. The van der Waals surface area contributed by atoms with Gasteiger partial charge >= 0.3 is 0 Å². The molecule has 1 aliphatic rings. The number of phenolic OH excluding ortho intramolecular Hbond substituents is 1. The Bertz CT molecular complexity index is 939. The molecule has 1 aliphatic heterocycles. The fourth-order valence-corrected chi connectivity index (χ4v) is 4.98. The van der Waals surface area contributed by atoms with Gasteiger partial charge in [0.25, 0.3) is 5.91 Å². The van der Waals surface area contributed by atoms with E-state index in [9.17, 15) is 18.3 Å². The van der Waals surface area contributed by atoms with Gasteiger partial charge in [0.1, 0.15) is 5.75 Å². The number of phenols is 1. The minimum absolute atomic E-state index is 0.0124. The van der Waals surface area contributed by atoms with Gasteiger partial charge < -0.3 is 10.4 Å². The van der Waals surface area contributed by atoms with E-state index in [4.69, 9.17) is 0 Å². The number of rotatable bonds is 4. The summed E-state index contributed by atoms with van der Waals surface area (Å²) in [6, 6.07) is 10.8. The number of carbonyl (C=O) groups is 1. The summed E-state index contributed by atoms with van der Waals surface area (Å²) in [5, 5.41) is 12.5. The van der Waals surface area contributed by atoms with Crippen molar-refractivity contribution in [2.75, 3.05) is 11.9 Å². The Morgan fingerprint density at radius 3 is 2.48 bits per heavy atom. The lowest BCUT2D eigenvalue weighted by Gasteiger charge is -2.32. The van der Waals surface area contributed by atoms with Crippen LogP contribution in [0.1, 0.15) is 42.1 Å². The number of benzene rings is 2. The maximum absolute atomic E-state index is 12.8. The molecular formula is C20H24N2O4S. The van der Waals surface area contributed by atoms with Gasteiger partial charge in [-0.3, -0.25) is 4.79 Å². The average molecular weight is 388 g/mol. The maximum Gasteiger partial charge on any atom is 0.255 e. The number of aryl methyl sites for hydroxylation is 1. The standard InChI is InChI=1S/C20H24N2O4S/c1-14-6-11-18(19(23)13-14)21-20(24)16-7-9-17(10-8-16)27(25,26)22-12-4-3-5-15(22)2/h6-11,13,15,23H,3-5,12H2,1-2H3,(H,21,24). The summed E-state index contributed by atoms with van der Waals surface area (Å²) in [5.41, 5.74) is 1.51. The summed E-state index contributed by atoms with van der Waals surface area (Å²) < 4.78 is 27.2. The van der Waals surface area contributed by atoms with Gasteiger partial charge in [0, 0.05) is 18.2 Å². The summed E-state index contributed by atoms with van der Waals surface area (Å²) in [5.74, 6) is -0.425. The molecule has 1 fully saturated rings. The normalized spacial score (nSPS) is 18.2. The van der Waals surface area contributed by atoms with Crippen molar-refractivity contribution in [2.45, 2.75) is 44.0 Å². The number of nitrogens with one attached hydrogen (secondary N) is 1. The number of amides is 1. The number of nitrogens with zero attached hydrogens (tertiary/aromatic N) is 1. The van der Waals surface area contributed by atoms with E-state index < -0.39 is 15.9 Å². The molecule has 1 amide bonds. The molecule has 0 saturated carbocycles. The van der Waals surface area contributed by atoms with Gasteiger partial charge in [0.15, 0.2) is 0 Å². The number of aromatic hydroxyl groups is 1. The van der Waals surface area contributed by atoms with Gasteiger partial charge in [-0.2, -0.15) is 4.31 Å². The van der Waals surface area contributed by atoms with Crippen LogP contribution in [0.15, 0.2) is 47.4 Å². The highest BCUT2D eigenvalue weighted by atomic mass is 32.2. The molecule has 1 heterocycles. The second-order valence-electron chi connectivity index (χ2n) is 6.96. The van der Waals surface area contributed by atoms with Crippen LogP contribution in [-0.4, -0.2) is 36.3 Å². The third-order valence-corrected chi connectivity index (χ3v) is 6.89. The zero-order valence-corrected chi connectivity index (χ0v) is 16.3. The molecule has 1 atom stereocenters. The van der Waals surface area contributed by atoms with Gasteiger partial charge in [0.2, 0.25) is 10.0 Å². The highest BCUT2D eigenvalue weighted by Crippen LogP contribution is 2.26. The molecule has 1 unspecified atom stereocenters. The van der Waals surface area contributed by atoms with Crippen LogP contribution < -0.4 is 5.32 Å². The van der Waals surface area contributed by atoms with Gasteiger partial charge in [-0.15, -0.1) is 0 Å². The monoisotopic (exact) mass is 388 g/mol. The topological polar surface area (TPSA) is 86.7 Å². The maximum atomic E-state index is 12.8. The number of hydrogen-bond acceptors (Lipinski definition) is 4. The molecule has 2 N–H and O–H groups in total. The van der Waals surface area contributed by atoms with E-state index >= 15 is 0 Å². The SMILES string of the molecule is Cc1ccc(NC(=O)c2ccc(S(=O)(=O)N3CCCCC3C)cc2)c(O)c1. The van der Waals surface area contributed by atoms with Crippen LogP contribution >= 0.6 is 0 Å². The molecule has 3 rings (SSSR count). The van der Waals surface area contributed by atoms with E-state index in [1.54, 1.807) is 18.2 Å². The molecule has 1 saturated heterocycles. The van der Waals surface area contributed by atoms with Crippen molar-refractivity contribution < 1.29 is 18.3 Å². The summed E-state index contributed by atoms with van der Waals surface area (Å²) >= 11 is 0. The highest BCUT2D eigenvalue weighted by molar-refractivity contribution is 7.89. The van der Waals surface area contributed by atoms with Crippen LogP contribution in [-0.2, 0) is 10.0 Å². The van der Waals surface area contributed by atoms with E-state index in [2.05, 4.69) is 5.32 Å². The molecule has 7 heteroatoms. The molecule has 144 valence electrons. The van der Waals surface area contributed by atoms with Crippen molar-refractivity contribution in [3.8, 4) is 5.75 Å². The molecule has 27 heavy (non-hydrogen) atoms. The van der Waals surface area contributed by atoms with Crippen molar-refractivity contribution in [1.82, 2.24) is 4.31 Å². The Morgan fingerprint density at radius 1 is 1.15 bits per heavy atom. The molecule has 0 spiro atoms. The van der Waals surface area contributed by atoms with Crippen molar-refractivity contribution in [3.05, 3.63) is 53.6 Å². The summed E-state index contributed by atoms with van der Waals surface area (Å²) in [6.45, 7) is 4.29. The third kappa shape index (κ3) is 4.14. The molecule has 0 aliphatic carbocycles. The first-order chi connectivity index (χ1) is 12.8. The van der Waals surface area contributed by atoms with E-state index in [0.29, 0.717) is 17.8 Å². The number of sulfonamides is 1. The first-order valence-electron chi connectivity index (χ1n) is 9.02. The van der Waals surface area contributed by atoms with E-state index in [1.165, 1.54) is 28.6 Å². The van der Waals surface area contributed by atoms with Gasteiger partial charge in [-0.1, -0.05) is 12.5 Å². The predicted molar refractivity (Wildman–Crippen MR) is 104 cm³/mol. The van der Waals surface area contributed by atoms with Crippen LogP contribution in [0.3, 0.4) is 0 Å². The van der Waals surface area contributed by atoms with E-state index in [1.807, 2.05) is 13.8 Å². The zero-order valence-electron chi connectivity index (χ0n) is 15.5. The largest absolute Gasteiger partial charge is 0.506 e. The van der Waals surface area contributed by atoms with Gasteiger partial charge in [-0.05, 0) is 68.7 Å². The molecule has 6 nitrogen and oxygen atoms in total. The summed E-state index contributed by atoms with van der Waals surface area (Å²) in [4.78, 5) is 12.6. The van der Waals surface area contributed by atoms with Gasteiger partial charge in [0.05, 0.1) is 10.6 Å². The first kappa shape index (κ1) is 19.4. The van der Waals surface area contributed by atoms with Crippen molar-refractivity contribution in [1.29, 1.82) is 0 Å². The Labute approximate surface area is 159 Å².